The van der Waals surface area contributed by atoms with E-state index in [1.165, 1.54) is 6.33 Å². The fourth-order valence-electron chi connectivity index (χ4n) is 1.72. The van der Waals surface area contributed by atoms with Crippen LogP contribution in [0.5, 0.6) is 5.88 Å². The molecule has 0 atom stereocenters. The quantitative estimate of drug-likeness (QED) is 0.859. The molecule has 96 valence electrons. The van der Waals surface area contributed by atoms with Gasteiger partial charge in [0.05, 0.1) is 18.4 Å². The molecule has 0 saturated carbocycles. The van der Waals surface area contributed by atoms with Crippen molar-refractivity contribution in [2.75, 3.05) is 19.0 Å². The van der Waals surface area contributed by atoms with E-state index in [-0.39, 0.29) is 0 Å². The van der Waals surface area contributed by atoms with Crippen molar-refractivity contribution in [1.29, 1.82) is 0 Å². The minimum Gasteiger partial charge on any atom is -0.481 e. The topological polar surface area (TPSA) is 64.9 Å². The van der Waals surface area contributed by atoms with Gasteiger partial charge in [0.1, 0.15) is 12.1 Å². The molecule has 6 nitrogen and oxygen atoms in total. The van der Waals surface area contributed by atoms with Crippen LogP contribution in [0, 0.1) is 6.92 Å². The van der Waals surface area contributed by atoms with Crippen LogP contribution in [0.2, 0.25) is 0 Å². The molecule has 1 N–H and O–H groups in total. The molecule has 0 bridgehead atoms. The zero-order chi connectivity index (χ0) is 13.0. The minimum atomic E-state index is 0.602. The minimum absolute atomic E-state index is 0.602. The average molecular weight is 247 g/mol. The Morgan fingerprint density at radius 2 is 2.22 bits per heavy atom. The van der Waals surface area contributed by atoms with Crippen LogP contribution in [-0.2, 0) is 13.5 Å². The van der Waals surface area contributed by atoms with E-state index in [1.807, 2.05) is 26.2 Å². The molecule has 0 aromatic carbocycles. The second kappa shape index (κ2) is 5.48. The highest BCUT2D eigenvalue weighted by Gasteiger charge is 2.06. The number of methoxy groups -OCH3 is 1. The Kier molecular flexibility index (Phi) is 3.76. The molecule has 0 unspecified atom stereocenters. The van der Waals surface area contributed by atoms with Crippen LogP contribution in [0.25, 0.3) is 0 Å². The van der Waals surface area contributed by atoms with Crippen molar-refractivity contribution in [1.82, 2.24) is 19.7 Å². The third-order valence-corrected chi connectivity index (χ3v) is 2.67. The summed E-state index contributed by atoms with van der Waals surface area (Å²) < 4.78 is 6.95. The van der Waals surface area contributed by atoms with Gasteiger partial charge in [-0.1, -0.05) is 0 Å². The highest BCUT2D eigenvalue weighted by atomic mass is 16.5. The van der Waals surface area contributed by atoms with Gasteiger partial charge in [-0.15, -0.1) is 0 Å². The van der Waals surface area contributed by atoms with Crippen LogP contribution in [0.4, 0.5) is 5.82 Å². The SMILES string of the molecule is COc1ncnc(NCCc2ccn(C)n2)c1C. The number of nitrogens with one attached hydrogen (secondary N) is 1. The molecule has 0 aliphatic heterocycles. The number of anilines is 1. The zero-order valence-electron chi connectivity index (χ0n) is 10.8. The highest BCUT2D eigenvalue weighted by Crippen LogP contribution is 2.19. The average Bonchev–Trinajstić information content (AvgIpc) is 2.77. The number of aromatic nitrogens is 4. The summed E-state index contributed by atoms with van der Waals surface area (Å²) in [5, 5.41) is 7.58. The van der Waals surface area contributed by atoms with Crippen molar-refractivity contribution in [3.05, 3.63) is 29.8 Å². The summed E-state index contributed by atoms with van der Waals surface area (Å²) in [5.74, 6) is 1.41. The van der Waals surface area contributed by atoms with Gasteiger partial charge < -0.3 is 10.1 Å². The first-order valence-electron chi connectivity index (χ1n) is 5.78. The molecule has 2 aromatic rings. The monoisotopic (exact) mass is 247 g/mol. The fraction of sp³-hybridized carbons (Fsp3) is 0.417. The van der Waals surface area contributed by atoms with Crippen molar-refractivity contribution in [2.24, 2.45) is 7.05 Å². The molecule has 2 heterocycles. The Morgan fingerprint density at radius 3 is 2.89 bits per heavy atom. The Balaban J connectivity index is 1.94. The van der Waals surface area contributed by atoms with E-state index in [4.69, 9.17) is 4.74 Å². The second-order valence-electron chi connectivity index (χ2n) is 4.01. The number of ether oxygens (including phenoxy) is 1. The predicted molar refractivity (Wildman–Crippen MR) is 68.7 cm³/mol. The molecular formula is C12H17N5O. The van der Waals surface area contributed by atoms with Gasteiger partial charge in [-0.25, -0.2) is 9.97 Å². The number of aryl methyl sites for hydroxylation is 1. The third-order valence-electron chi connectivity index (χ3n) is 2.67. The lowest BCUT2D eigenvalue weighted by Crippen LogP contribution is -2.09. The van der Waals surface area contributed by atoms with Gasteiger partial charge in [0.25, 0.3) is 0 Å². The van der Waals surface area contributed by atoms with Crippen LogP contribution >= 0.6 is 0 Å². The van der Waals surface area contributed by atoms with E-state index >= 15 is 0 Å². The van der Waals surface area contributed by atoms with Gasteiger partial charge in [-0.3, -0.25) is 4.68 Å². The lowest BCUT2D eigenvalue weighted by Gasteiger charge is -2.09. The van der Waals surface area contributed by atoms with E-state index < -0.39 is 0 Å². The molecule has 0 saturated heterocycles. The van der Waals surface area contributed by atoms with Gasteiger partial charge >= 0.3 is 0 Å². The first-order chi connectivity index (χ1) is 8.70. The maximum Gasteiger partial charge on any atom is 0.221 e. The Hall–Kier alpha value is -2.11. The van der Waals surface area contributed by atoms with Crippen molar-refractivity contribution in [2.45, 2.75) is 13.3 Å². The van der Waals surface area contributed by atoms with Crippen LogP contribution < -0.4 is 10.1 Å². The number of rotatable bonds is 5. The Bertz CT molecular complexity index is 523. The summed E-state index contributed by atoms with van der Waals surface area (Å²) in [5.41, 5.74) is 1.98. The fourth-order valence-corrected chi connectivity index (χ4v) is 1.72. The molecular weight excluding hydrogens is 230 g/mol. The zero-order valence-corrected chi connectivity index (χ0v) is 10.8. The van der Waals surface area contributed by atoms with Gasteiger partial charge in [-0.2, -0.15) is 5.10 Å². The summed E-state index contributed by atoms with van der Waals surface area (Å²) in [6, 6.07) is 2.01. The van der Waals surface area contributed by atoms with Crippen molar-refractivity contribution in [3.8, 4) is 5.88 Å². The van der Waals surface area contributed by atoms with Crippen LogP contribution in [0.1, 0.15) is 11.3 Å². The van der Waals surface area contributed by atoms with Crippen molar-refractivity contribution >= 4 is 5.82 Å². The van der Waals surface area contributed by atoms with Crippen LogP contribution in [-0.4, -0.2) is 33.4 Å². The predicted octanol–water partition coefficient (Wildman–Crippen LogP) is 1.18. The normalized spacial score (nSPS) is 10.4. The maximum absolute atomic E-state index is 5.15. The molecule has 0 radical (unpaired) electrons. The summed E-state index contributed by atoms with van der Waals surface area (Å²) in [4.78, 5) is 8.23. The number of hydrogen-bond donors (Lipinski definition) is 1. The summed E-state index contributed by atoms with van der Waals surface area (Å²) >= 11 is 0. The van der Waals surface area contributed by atoms with E-state index in [0.29, 0.717) is 5.88 Å². The molecule has 0 aliphatic carbocycles. The lowest BCUT2D eigenvalue weighted by molar-refractivity contribution is 0.393. The van der Waals surface area contributed by atoms with E-state index in [1.54, 1.807) is 11.8 Å². The first-order valence-corrected chi connectivity index (χ1v) is 5.78. The second-order valence-corrected chi connectivity index (χ2v) is 4.01. The third kappa shape index (κ3) is 2.77. The summed E-state index contributed by atoms with van der Waals surface area (Å²) in [7, 11) is 3.52. The molecule has 18 heavy (non-hydrogen) atoms. The standard InChI is InChI=1S/C12H17N5O/c1-9-11(14-8-15-12(9)18-3)13-6-4-10-5-7-17(2)16-10/h5,7-8H,4,6H2,1-3H3,(H,13,14,15). The Morgan fingerprint density at radius 1 is 1.39 bits per heavy atom. The lowest BCUT2D eigenvalue weighted by atomic mass is 10.3. The van der Waals surface area contributed by atoms with Gasteiger partial charge in [0, 0.05) is 26.2 Å². The molecule has 0 fully saturated rings. The Labute approximate surface area is 106 Å². The van der Waals surface area contributed by atoms with Gasteiger partial charge in [-0.05, 0) is 13.0 Å². The summed E-state index contributed by atoms with van der Waals surface area (Å²) in [6.07, 6.45) is 4.29. The number of hydrogen-bond acceptors (Lipinski definition) is 5. The molecule has 0 amide bonds. The summed E-state index contributed by atoms with van der Waals surface area (Å²) in [6.45, 7) is 2.71. The van der Waals surface area contributed by atoms with Crippen molar-refractivity contribution in [3.63, 3.8) is 0 Å². The largest absolute Gasteiger partial charge is 0.481 e. The smallest absolute Gasteiger partial charge is 0.221 e. The molecule has 2 aromatic heterocycles. The van der Waals surface area contributed by atoms with Gasteiger partial charge in [0.2, 0.25) is 5.88 Å². The van der Waals surface area contributed by atoms with Crippen molar-refractivity contribution < 1.29 is 4.74 Å². The number of nitrogens with zero attached hydrogens (tertiary/aromatic N) is 4. The molecule has 2 rings (SSSR count). The maximum atomic E-state index is 5.15. The highest BCUT2D eigenvalue weighted by molar-refractivity contribution is 5.47. The van der Waals surface area contributed by atoms with Crippen LogP contribution in [0.3, 0.4) is 0 Å². The van der Waals surface area contributed by atoms with E-state index in [9.17, 15) is 0 Å². The van der Waals surface area contributed by atoms with E-state index in [2.05, 4.69) is 20.4 Å². The molecule has 0 spiro atoms. The first kappa shape index (κ1) is 12.3. The van der Waals surface area contributed by atoms with Crippen LogP contribution in [0.15, 0.2) is 18.6 Å². The van der Waals surface area contributed by atoms with E-state index in [0.717, 1.165) is 30.0 Å². The molecule has 6 heteroatoms. The van der Waals surface area contributed by atoms with Gasteiger partial charge in [0.15, 0.2) is 0 Å². The molecule has 0 aliphatic rings.